The van der Waals surface area contributed by atoms with Crippen LogP contribution in [0, 0.1) is 0 Å². The summed E-state index contributed by atoms with van der Waals surface area (Å²) in [5, 5.41) is 4.35. The van der Waals surface area contributed by atoms with Gasteiger partial charge in [-0.25, -0.2) is 13.1 Å². The van der Waals surface area contributed by atoms with Gasteiger partial charge in [0.1, 0.15) is 4.21 Å². The van der Waals surface area contributed by atoms with Gasteiger partial charge in [-0.1, -0.05) is 6.07 Å². The molecule has 11 heteroatoms. The molecular formula is C16H18BrN3O4S3. The van der Waals surface area contributed by atoms with E-state index in [1.54, 1.807) is 34.5 Å². The third kappa shape index (κ3) is 5.38. The number of nitrogens with one attached hydrogen (secondary N) is 2. The molecule has 0 saturated carbocycles. The second kappa shape index (κ2) is 8.82. The first-order valence-electron chi connectivity index (χ1n) is 8.22. The molecule has 0 aliphatic carbocycles. The van der Waals surface area contributed by atoms with Crippen molar-refractivity contribution in [3.8, 4) is 0 Å². The molecule has 1 aliphatic rings. The van der Waals surface area contributed by atoms with Crippen molar-refractivity contribution in [2.45, 2.75) is 23.1 Å². The van der Waals surface area contributed by atoms with Gasteiger partial charge in [0.05, 0.1) is 15.2 Å². The zero-order chi connectivity index (χ0) is 19.4. The molecule has 0 atom stereocenters. The SMILES string of the molecule is O=C(NCC(=O)N1CCC(NS(=O)(=O)c2cccs2)CC1)c1ccc(Br)s1. The summed E-state index contributed by atoms with van der Waals surface area (Å²) in [7, 11) is -3.50. The summed E-state index contributed by atoms with van der Waals surface area (Å²) in [5.74, 6) is -0.448. The Balaban J connectivity index is 1.44. The fourth-order valence-electron chi connectivity index (χ4n) is 2.73. The molecule has 0 unspecified atom stereocenters. The van der Waals surface area contributed by atoms with Gasteiger partial charge in [0, 0.05) is 19.1 Å². The monoisotopic (exact) mass is 491 g/mol. The Bertz CT molecular complexity index is 903. The Kier molecular flexibility index (Phi) is 6.69. The van der Waals surface area contributed by atoms with Gasteiger partial charge in [0.25, 0.3) is 5.91 Å². The first-order valence-corrected chi connectivity index (χ1v) is 12.2. The smallest absolute Gasteiger partial charge is 0.261 e. The molecule has 3 rings (SSSR count). The predicted octanol–water partition coefficient (Wildman–Crippen LogP) is 2.27. The maximum absolute atomic E-state index is 12.3. The van der Waals surface area contributed by atoms with Crippen molar-refractivity contribution in [3.63, 3.8) is 0 Å². The minimum atomic E-state index is -3.50. The second-order valence-corrected chi connectivity index (χ2v) is 11.3. The van der Waals surface area contributed by atoms with E-state index in [2.05, 4.69) is 26.0 Å². The number of carbonyl (C=O) groups is 2. The van der Waals surface area contributed by atoms with E-state index in [-0.39, 0.29) is 24.4 Å². The lowest BCUT2D eigenvalue weighted by Gasteiger charge is -2.32. The van der Waals surface area contributed by atoms with E-state index < -0.39 is 10.0 Å². The minimum Gasteiger partial charge on any atom is -0.342 e. The summed E-state index contributed by atoms with van der Waals surface area (Å²) >= 11 is 5.78. The van der Waals surface area contributed by atoms with Crippen LogP contribution in [-0.2, 0) is 14.8 Å². The number of piperidine rings is 1. The van der Waals surface area contributed by atoms with Gasteiger partial charge in [-0.15, -0.1) is 22.7 Å². The highest BCUT2D eigenvalue weighted by molar-refractivity contribution is 9.11. The van der Waals surface area contributed by atoms with Gasteiger partial charge < -0.3 is 10.2 Å². The standard InChI is InChI=1S/C16H18BrN3O4S3/c17-13-4-3-12(26-13)16(22)18-10-14(21)20-7-5-11(6-8-20)19-27(23,24)15-2-1-9-25-15/h1-4,9,11,19H,5-8,10H2,(H,18,22). The third-order valence-electron chi connectivity index (χ3n) is 4.13. The normalized spacial score (nSPS) is 15.7. The minimum absolute atomic E-state index is 0.0695. The summed E-state index contributed by atoms with van der Waals surface area (Å²) in [6.07, 6.45) is 1.09. The number of likely N-dealkylation sites (tertiary alicyclic amines) is 1. The van der Waals surface area contributed by atoms with Crippen LogP contribution in [0.1, 0.15) is 22.5 Å². The highest BCUT2D eigenvalue weighted by Crippen LogP contribution is 2.22. The maximum atomic E-state index is 12.3. The van der Waals surface area contributed by atoms with Crippen molar-refractivity contribution in [1.82, 2.24) is 14.9 Å². The van der Waals surface area contributed by atoms with Gasteiger partial charge >= 0.3 is 0 Å². The third-order valence-corrected chi connectivity index (χ3v) is 8.67. The number of thiophene rings is 2. The maximum Gasteiger partial charge on any atom is 0.261 e. The number of sulfonamides is 1. The van der Waals surface area contributed by atoms with Crippen LogP contribution in [0.15, 0.2) is 37.6 Å². The summed E-state index contributed by atoms with van der Waals surface area (Å²) < 4.78 is 28.4. The van der Waals surface area contributed by atoms with E-state index in [0.29, 0.717) is 35.0 Å². The number of nitrogens with zero attached hydrogens (tertiary/aromatic N) is 1. The largest absolute Gasteiger partial charge is 0.342 e. The van der Waals surface area contributed by atoms with Crippen molar-refractivity contribution in [3.05, 3.63) is 38.3 Å². The lowest BCUT2D eigenvalue weighted by molar-refractivity contribution is -0.131. The highest BCUT2D eigenvalue weighted by atomic mass is 79.9. The van der Waals surface area contributed by atoms with E-state index in [9.17, 15) is 18.0 Å². The van der Waals surface area contributed by atoms with Gasteiger partial charge in [0.15, 0.2) is 0 Å². The Morgan fingerprint density at radius 1 is 1.22 bits per heavy atom. The molecule has 146 valence electrons. The molecule has 2 N–H and O–H groups in total. The van der Waals surface area contributed by atoms with Crippen molar-refractivity contribution in [2.24, 2.45) is 0 Å². The topological polar surface area (TPSA) is 95.6 Å². The summed E-state index contributed by atoms with van der Waals surface area (Å²) in [6.45, 7) is 0.841. The van der Waals surface area contributed by atoms with E-state index >= 15 is 0 Å². The molecule has 1 aliphatic heterocycles. The molecule has 2 aromatic heterocycles. The van der Waals surface area contributed by atoms with E-state index in [4.69, 9.17) is 0 Å². The molecule has 1 fully saturated rings. The molecule has 7 nitrogen and oxygen atoms in total. The number of amides is 2. The fraction of sp³-hybridized carbons (Fsp3) is 0.375. The van der Waals surface area contributed by atoms with Crippen LogP contribution in [-0.4, -0.2) is 50.8 Å². The summed E-state index contributed by atoms with van der Waals surface area (Å²) in [5.41, 5.74) is 0. The first-order chi connectivity index (χ1) is 12.8. The molecule has 3 heterocycles. The average molecular weight is 492 g/mol. The van der Waals surface area contributed by atoms with Crippen molar-refractivity contribution in [2.75, 3.05) is 19.6 Å². The zero-order valence-corrected chi connectivity index (χ0v) is 18.2. The van der Waals surface area contributed by atoms with Crippen molar-refractivity contribution < 1.29 is 18.0 Å². The first kappa shape index (κ1) is 20.5. The number of hydrogen-bond acceptors (Lipinski definition) is 6. The Labute approximate surface area is 173 Å². The zero-order valence-electron chi connectivity index (χ0n) is 14.2. The number of hydrogen-bond donors (Lipinski definition) is 2. The molecular weight excluding hydrogens is 474 g/mol. The molecule has 0 radical (unpaired) electrons. The molecule has 0 spiro atoms. The van der Waals surface area contributed by atoms with Gasteiger partial charge in [-0.2, -0.15) is 0 Å². The lowest BCUT2D eigenvalue weighted by Crippen LogP contribution is -2.48. The van der Waals surface area contributed by atoms with E-state index in [1.807, 2.05) is 0 Å². The number of rotatable bonds is 6. The molecule has 0 aromatic carbocycles. The van der Waals surface area contributed by atoms with Crippen LogP contribution in [0.2, 0.25) is 0 Å². The highest BCUT2D eigenvalue weighted by Gasteiger charge is 2.27. The molecule has 0 bridgehead atoms. The van der Waals surface area contributed by atoms with Crippen molar-refractivity contribution in [1.29, 1.82) is 0 Å². The van der Waals surface area contributed by atoms with Crippen LogP contribution >= 0.6 is 38.6 Å². The summed E-state index contributed by atoms with van der Waals surface area (Å²) in [4.78, 5) is 26.5. The van der Waals surface area contributed by atoms with E-state index in [1.165, 1.54) is 22.7 Å². The van der Waals surface area contributed by atoms with Gasteiger partial charge in [0.2, 0.25) is 15.9 Å². The Hall–Kier alpha value is -1.27. The Morgan fingerprint density at radius 3 is 2.56 bits per heavy atom. The second-order valence-electron chi connectivity index (χ2n) is 5.99. The van der Waals surface area contributed by atoms with Gasteiger partial charge in [-0.05, 0) is 52.4 Å². The summed E-state index contributed by atoms with van der Waals surface area (Å²) in [6, 6.07) is 6.55. The Morgan fingerprint density at radius 2 is 1.96 bits per heavy atom. The number of halogens is 1. The van der Waals surface area contributed by atoms with Crippen LogP contribution < -0.4 is 10.0 Å². The van der Waals surface area contributed by atoms with Gasteiger partial charge in [-0.3, -0.25) is 9.59 Å². The van der Waals surface area contributed by atoms with Crippen LogP contribution in [0.25, 0.3) is 0 Å². The number of carbonyl (C=O) groups excluding carboxylic acids is 2. The quantitative estimate of drug-likeness (QED) is 0.647. The van der Waals surface area contributed by atoms with E-state index in [0.717, 1.165) is 3.79 Å². The molecule has 2 aromatic rings. The predicted molar refractivity (Wildman–Crippen MR) is 109 cm³/mol. The van der Waals surface area contributed by atoms with Crippen molar-refractivity contribution >= 4 is 60.4 Å². The van der Waals surface area contributed by atoms with Crippen LogP contribution in [0.3, 0.4) is 0 Å². The molecule has 1 saturated heterocycles. The van der Waals surface area contributed by atoms with Crippen LogP contribution in [0.5, 0.6) is 0 Å². The lowest BCUT2D eigenvalue weighted by atomic mass is 10.1. The molecule has 27 heavy (non-hydrogen) atoms. The average Bonchev–Trinajstić information content (AvgIpc) is 3.32. The fourth-order valence-corrected chi connectivity index (χ4v) is 6.35. The van der Waals surface area contributed by atoms with Crippen LogP contribution in [0.4, 0.5) is 0 Å². The molecule has 2 amide bonds.